The third-order valence-electron chi connectivity index (χ3n) is 4.91. The van der Waals surface area contributed by atoms with Crippen molar-refractivity contribution in [1.82, 2.24) is 4.98 Å². The van der Waals surface area contributed by atoms with Gasteiger partial charge in [-0.2, -0.15) is 0 Å². The molecular formula is C27H17BrN2O3. The summed E-state index contributed by atoms with van der Waals surface area (Å²) in [6.07, 6.45) is 1.75. The van der Waals surface area contributed by atoms with E-state index in [-0.39, 0.29) is 0 Å². The van der Waals surface area contributed by atoms with Crippen molar-refractivity contribution >= 4 is 44.9 Å². The van der Waals surface area contributed by atoms with Crippen LogP contribution < -0.4 is 4.74 Å². The number of carbonyl (C=O) groups excluding carboxylic acids is 1. The number of hydrogen-bond acceptors (Lipinski definition) is 5. The molecule has 0 N–H and O–H groups in total. The van der Waals surface area contributed by atoms with E-state index in [1.807, 2.05) is 66.7 Å². The molecule has 0 aliphatic carbocycles. The van der Waals surface area contributed by atoms with Crippen molar-refractivity contribution in [3.8, 4) is 17.2 Å². The van der Waals surface area contributed by atoms with Gasteiger partial charge >= 0.3 is 5.97 Å². The Kier molecular flexibility index (Phi) is 5.83. The Morgan fingerprint density at radius 3 is 2.52 bits per heavy atom. The summed E-state index contributed by atoms with van der Waals surface area (Å²) in [5.41, 5.74) is 4.51. The van der Waals surface area contributed by atoms with Gasteiger partial charge in [0.25, 0.3) is 0 Å². The Labute approximate surface area is 198 Å². The second kappa shape index (κ2) is 9.22. The number of carbonyl (C=O) groups is 1. The topological polar surface area (TPSA) is 64.7 Å². The Morgan fingerprint density at radius 2 is 1.73 bits per heavy atom. The molecule has 0 saturated carbocycles. The molecule has 5 nitrogen and oxygen atoms in total. The summed E-state index contributed by atoms with van der Waals surface area (Å²) < 4.78 is 12.1. The third kappa shape index (κ3) is 4.91. The SMILES string of the molecule is O=C(Oc1ccc(C=Nc2ccc3oc(-c4ccccc4)nc3c2)cc1)c1cccc(Br)c1. The van der Waals surface area contributed by atoms with Crippen LogP contribution in [0.15, 0.2) is 111 Å². The summed E-state index contributed by atoms with van der Waals surface area (Å²) in [6, 6.07) is 29.7. The zero-order valence-corrected chi connectivity index (χ0v) is 18.9. The fourth-order valence-electron chi connectivity index (χ4n) is 3.25. The van der Waals surface area contributed by atoms with Crippen LogP contribution in [0.25, 0.3) is 22.6 Å². The van der Waals surface area contributed by atoms with Crippen molar-refractivity contribution in [3.05, 3.63) is 113 Å². The van der Waals surface area contributed by atoms with Gasteiger partial charge < -0.3 is 9.15 Å². The Morgan fingerprint density at radius 1 is 0.909 bits per heavy atom. The summed E-state index contributed by atoms with van der Waals surface area (Å²) in [5.74, 6) is 0.641. The molecule has 0 aliphatic rings. The maximum Gasteiger partial charge on any atom is 0.343 e. The van der Waals surface area contributed by atoms with Crippen LogP contribution in [0.1, 0.15) is 15.9 Å². The minimum Gasteiger partial charge on any atom is -0.436 e. The predicted molar refractivity (Wildman–Crippen MR) is 132 cm³/mol. The van der Waals surface area contributed by atoms with Crippen LogP contribution >= 0.6 is 15.9 Å². The van der Waals surface area contributed by atoms with Gasteiger partial charge in [-0.1, -0.05) is 40.2 Å². The molecule has 0 aliphatic heterocycles. The van der Waals surface area contributed by atoms with E-state index in [1.54, 1.807) is 36.5 Å². The first kappa shape index (κ1) is 20.8. The van der Waals surface area contributed by atoms with Gasteiger partial charge in [0, 0.05) is 16.3 Å². The van der Waals surface area contributed by atoms with Crippen molar-refractivity contribution in [3.63, 3.8) is 0 Å². The molecule has 4 aromatic carbocycles. The predicted octanol–water partition coefficient (Wildman–Crippen LogP) is 7.23. The van der Waals surface area contributed by atoms with E-state index in [9.17, 15) is 4.79 Å². The molecule has 1 heterocycles. The molecule has 33 heavy (non-hydrogen) atoms. The molecule has 1 aromatic heterocycles. The molecular weight excluding hydrogens is 480 g/mol. The number of esters is 1. The Balaban J connectivity index is 1.28. The van der Waals surface area contributed by atoms with Crippen molar-refractivity contribution in [2.45, 2.75) is 0 Å². The lowest BCUT2D eigenvalue weighted by atomic mass is 10.2. The van der Waals surface area contributed by atoms with E-state index < -0.39 is 5.97 Å². The average Bonchev–Trinajstić information content (AvgIpc) is 3.28. The quantitative estimate of drug-likeness (QED) is 0.146. The average molecular weight is 497 g/mol. The number of fused-ring (bicyclic) bond motifs is 1. The highest BCUT2D eigenvalue weighted by Gasteiger charge is 2.09. The standard InChI is InChI=1S/C27H17BrN2O3/c28-21-8-4-7-20(15-21)27(31)32-23-12-9-18(10-13-23)17-29-22-11-14-25-24(16-22)30-26(33-25)19-5-2-1-3-6-19/h1-17H. The van der Waals surface area contributed by atoms with Crippen molar-refractivity contribution in [2.24, 2.45) is 4.99 Å². The first-order valence-electron chi connectivity index (χ1n) is 10.2. The van der Waals surface area contributed by atoms with Gasteiger partial charge in [0.15, 0.2) is 5.58 Å². The summed E-state index contributed by atoms with van der Waals surface area (Å²) in [7, 11) is 0. The zero-order chi connectivity index (χ0) is 22.6. The second-order valence-electron chi connectivity index (χ2n) is 7.26. The Bertz CT molecular complexity index is 1460. The minimum atomic E-state index is -0.409. The van der Waals surface area contributed by atoms with Gasteiger partial charge in [-0.3, -0.25) is 4.99 Å². The molecule has 0 saturated heterocycles. The highest BCUT2D eigenvalue weighted by Crippen LogP contribution is 2.27. The lowest BCUT2D eigenvalue weighted by Gasteiger charge is -2.05. The van der Waals surface area contributed by atoms with Crippen LogP contribution in [0.5, 0.6) is 5.75 Å². The molecule has 0 bridgehead atoms. The van der Waals surface area contributed by atoms with Crippen LogP contribution in [0, 0.1) is 0 Å². The van der Waals surface area contributed by atoms with E-state index in [0.29, 0.717) is 22.8 Å². The van der Waals surface area contributed by atoms with Gasteiger partial charge in [0.05, 0.1) is 11.3 Å². The number of aromatic nitrogens is 1. The minimum absolute atomic E-state index is 0.409. The molecule has 0 radical (unpaired) electrons. The molecule has 0 unspecified atom stereocenters. The number of ether oxygens (including phenoxy) is 1. The van der Waals surface area contributed by atoms with Gasteiger partial charge in [-0.05, 0) is 78.4 Å². The number of nitrogens with zero attached hydrogens (tertiary/aromatic N) is 2. The molecule has 0 fully saturated rings. The smallest absolute Gasteiger partial charge is 0.343 e. The number of oxazole rings is 1. The van der Waals surface area contributed by atoms with Gasteiger partial charge in [0.2, 0.25) is 5.89 Å². The fourth-order valence-corrected chi connectivity index (χ4v) is 3.65. The molecule has 6 heteroatoms. The highest BCUT2D eigenvalue weighted by molar-refractivity contribution is 9.10. The third-order valence-corrected chi connectivity index (χ3v) is 5.40. The molecule has 0 atom stereocenters. The largest absolute Gasteiger partial charge is 0.436 e. The van der Waals surface area contributed by atoms with Crippen molar-refractivity contribution in [1.29, 1.82) is 0 Å². The van der Waals surface area contributed by atoms with E-state index in [4.69, 9.17) is 9.15 Å². The number of aliphatic imine (C=N–C) groups is 1. The zero-order valence-electron chi connectivity index (χ0n) is 17.3. The molecule has 5 aromatic rings. The molecule has 5 rings (SSSR count). The molecule has 0 amide bonds. The van der Waals surface area contributed by atoms with Crippen LogP contribution in [-0.4, -0.2) is 17.2 Å². The van der Waals surface area contributed by atoms with E-state index in [1.165, 1.54) is 0 Å². The van der Waals surface area contributed by atoms with Gasteiger partial charge in [0.1, 0.15) is 11.3 Å². The highest BCUT2D eigenvalue weighted by atomic mass is 79.9. The normalized spacial score (nSPS) is 11.2. The lowest BCUT2D eigenvalue weighted by molar-refractivity contribution is 0.0734. The van der Waals surface area contributed by atoms with E-state index in [0.717, 1.165) is 26.8 Å². The monoisotopic (exact) mass is 496 g/mol. The molecule has 160 valence electrons. The fraction of sp³-hybridized carbons (Fsp3) is 0. The van der Waals surface area contributed by atoms with Crippen LogP contribution in [0.3, 0.4) is 0 Å². The van der Waals surface area contributed by atoms with Crippen LogP contribution in [0.2, 0.25) is 0 Å². The first-order valence-corrected chi connectivity index (χ1v) is 11.0. The van der Waals surface area contributed by atoms with Gasteiger partial charge in [-0.15, -0.1) is 0 Å². The lowest BCUT2D eigenvalue weighted by Crippen LogP contribution is -2.08. The van der Waals surface area contributed by atoms with E-state index >= 15 is 0 Å². The molecule has 0 spiro atoms. The van der Waals surface area contributed by atoms with Crippen LogP contribution in [0.4, 0.5) is 5.69 Å². The number of halogens is 1. The summed E-state index contributed by atoms with van der Waals surface area (Å²) in [5, 5.41) is 0. The number of benzene rings is 4. The Hall–Kier alpha value is -4.03. The van der Waals surface area contributed by atoms with Gasteiger partial charge in [-0.25, -0.2) is 9.78 Å². The number of hydrogen-bond donors (Lipinski definition) is 0. The number of rotatable bonds is 5. The maximum absolute atomic E-state index is 12.3. The first-order chi connectivity index (χ1) is 16.1. The van der Waals surface area contributed by atoms with Crippen LogP contribution in [-0.2, 0) is 0 Å². The summed E-state index contributed by atoms with van der Waals surface area (Å²) in [6.45, 7) is 0. The van der Waals surface area contributed by atoms with Crippen molar-refractivity contribution in [2.75, 3.05) is 0 Å². The maximum atomic E-state index is 12.3. The summed E-state index contributed by atoms with van der Waals surface area (Å²) in [4.78, 5) is 21.4. The van der Waals surface area contributed by atoms with E-state index in [2.05, 4.69) is 25.9 Å². The second-order valence-corrected chi connectivity index (χ2v) is 8.18. The van der Waals surface area contributed by atoms with Crippen molar-refractivity contribution < 1.29 is 13.9 Å². The summed E-state index contributed by atoms with van der Waals surface area (Å²) >= 11 is 3.36.